The van der Waals surface area contributed by atoms with Gasteiger partial charge in [-0.05, 0) is 46.1 Å². The molecule has 1 aliphatic rings. The van der Waals surface area contributed by atoms with Gasteiger partial charge in [0, 0.05) is 0 Å². The Labute approximate surface area is 111 Å². The molecule has 1 saturated heterocycles. The van der Waals surface area contributed by atoms with Gasteiger partial charge in [0.1, 0.15) is 10.5 Å². The van der Waals surface area contributed by atoms with E-state index in [4.69, 9.17) is 16.8 Å². The number of hydrogen-bond acceptors (Lipinski definition) is 4. The third-order valence-electron chi connectivity index (χ3n) is 3.21. The van der Waals surface area contributed by atoms with E-state index in [0.717, 1.165) is 6.04 Å². The second-order valence-corrected chi connectivity index (χ2v) is 17.8. The molecule has 0 aliphatic carbocycles. The Hall–Kier alpha value is 0.708. The fraction of sp³-hybridized carbons (Fsp3) is 1.00. The van der Waals surface area contributed by atoms with Crippen molar-refractivity contribution in [1.82, 2.24) is 0 Å². The molecule has 0 saturated carbocycles. The summed E-state index contributed by atoms with van der Waals surface area (Å²) in [6.07, 6.45) is 0. The molecule has 102 valence electrons. The molecule has 1 fully saturated rings. The maximum Gasteiger partial charge on any atom is 0.351 e. The van der Waals surface area contributed by atoms with Crippen LogP contribution in [0, 0.1) is 0 Å². The SMILES string of the molecule is CC[Si]1(C(C)(C)O[SiH3])O[Si](C)(C)O[Si](C)(C)O1. The lowest BCUT2D eigenvalue weighted by atomic mass is 10.5. The Morgan fingerprint density at radius 3 is 1.71 bits per heavy atom. The van der Waals surface area contributed by atoms with Crippen molar-refractivity contribution >= 4 is 36.2 Å². The van der Waals surface area contributed by atoms with E-state index < -0.39 is 25.7 Å². The number of rotatable bonds is 3. The van der Waals surface area contributed by atoms with Gasteiger partial charge in [-0.2, -0.15) is 0 Å². The molecule has 0 N–H and O–H groups in total. The second-order valence-electron chi connectivity index (χ2n) is 5.93. The molecule has 0 atom stereocenters. The molecular weight excluding hydrogens is 284 g/mol. The van der Waals surface area contributed by atoms with Crippen LogP contribution in [0.2, 0.25) is 32.2 Å². The summed E-state index contributed by atoms with van der Waals surface area (Å²) in [5.41, 5.74) is 0. The highest BCUT2D eigenvalue weighted by Gasteiger charge is 2.61. The van der Waals surface area contributed by atoms with Gasteiger partial charge >= 0.3 is 25.7 Å². The normalized spacial score (nSPS) is 27.0. The first-order valence-electron chi connectivity index (χ1n) is 6.15. The molecule has 0 amide bonds. The highest BCUT2D eigenvalue weighted by Crippen LogP contribution is 2.39. The van der Waals surface area contributed by atoms with Gasteiger partial charge in [0.2, 0.25) is 0 Å². The van der Waals surface area contributed by atoms with Gasteiger partial charge in [-0.3, -0.25) is 0 Å². The molecule has 1 aliphatic heterocycles. The monoisotopic (exact) mass is 310 g/mol. The molecule has 0 bridgehead atoms. The Morgan fingerprint density at radius 2 is 1.41 bits per heavy atom. The largest absolute Gasteiger partial charge is 0.421 e. The van der Waals surface area contributed by atoms with E-state index in [0.29, 0.717) is 10.5 Å². The lowest BCUT2D eigenvalue weighted by Crippen LogP contribution is -2.74. The van der Waals surface area contributed by atoms with E-state index in [1.165, 1.54) is 0 Å². The average molecular weight is 311 g/mol. The Morgan fingerprint density at radius 1 is 1.00 bits per heavy atom. The van der Waals surface area contributed by atoms with Gasteiger partial charge in [-0.25, -0.2) is 0 Å². The topological polar surface area (TPSA) is 36.9 Å². The minimum Gasteiger partial charge on any atom is -0.421 e. The molecule has 4 nitrogen and oxygen atoms in total. The lowest BCUT2D eigenvalue weighted by Gasteiger charge is -2.54. The van der Waals surface area contributed by atoms with E-state index >= 15 is 0 Å². The van der Waals surface area contributed by atoms with Crippen molar-refractivity contribution in [2.45, 2.75) is 58.2 Å². The minimum absolute atomic E-state index is 0.285. The van der Waals surface area contributed by atoms with E-state index in [2.05, 4.69) is 47.0 Å². The molecule has 0 aromatic rings. The Bertz CT molecular complexity index is 277. The summed E-state index contributed by atoms with van der Waals surface area (Å²) < 4.78 is 24.6. The Kier molecular flexibility index (Phi) is 4.33. The summed E-state index contributed by atoms with van der Waals surface area (Å²) in [5.74, 6) is 0. The summed E-state index contributed by atoms with van der Waals surface area (Å²) in [7, 11) is -5.79. The zero-order valence-electron chi connectivity index (χ0n) is 12.3. The smallest absolute Gasteiger partial charge is 0.351 e. The molecule has 0 aromatic heterocycles. The van der Waals surface area contributed by atoms with E-state index in [-0.39, 0.29) is 5.22 Å². The van der Waals surface area contributed by atoms with Crippen molar-refractivity contribution < 1.29 is 16.8 Å². The second kappa shape index (κ2) is 4.67. The molecule has 0 spiro atoms. The van der Waals surface area contributed by atoms with Crippen LogP contribution in [-0.4, -0.2) is 41.4 Å². The van der Waals surface area contributed by atoms with Crippen molar-refractivity contribution in [2.24, 2.45) is 0 Å². The summed E-state index contributed by atoms with van der Waals surface area (Å²) in [6, 6.07) is 0.915. The Balaban J connectivity index is 3.15. The van der Waals surface area contributed by atoms with Crippen LogP contribution in [0.5, 0.6) is 0 Å². The fourth-order valence-corrected chi connectivity index (χ4v) is 20.3. The van der Waals surface area contributed by atoms with Gasteiger partial charge in [0.15, 0.2) is 0 Å². The zero-order valence-corrected chi connectivity index (χ0v) is 17.3. The van der Waals surface area contributed by atoms with Crippen molar-refractivity contribution in [3.8, 4) is 0 Å². The van der Waals surface area contributed by atoms with Crippen LogP contribution >= 0.6 is 0 Å². The van der Waals surface area contributed by atoms with Crippen molar-refractivity contribution in [3.63, 3.8) is 0 Å². The lowest BCUT2D eigenvalue weighted by molar-refractivity contribution is 0.115. The standard InChI is InChI=1S/C9H26O4Si4/c1-8-17(9(2,3)10-14)12-15(4,5)11-16(6,7)13-17/h8H2,1-7,14H3. The first-order valence-corrected chi connectivity index (χ1v) is 14.6. The summed E-state index contributed by atoms with van der Waals surface area (Å²) >= 11 is 0. The van der Waals surface area contributed by atoms with E-state index in [1.54, 1.807) is 0 Å². The first-order chi connectivity index (χ1) is 7.49. The van der Waals surface area contributed by atoms with Crippen LogP contribution in [0.15, 0.2) is 0 Å². The molecule has 17 heavy (non-hydrogen) atoms. The van der Waals surface area contributed by atoms with Gasteiger partial charge in [0.05, 0.1) is 5.22 Å². The zero-order chi connectivity index (χ0) is 13.5. The van der Waals surface area contributed by atoms with Crippen molar-refractivity contribution in [2.75, 3.05) is 0 Å². The predicted molar refractivity (Wildman–Crippen MR) is 79.6 cm³/mol. The van der Waals surface area contributed by atoms with Crippen LogP contribution < -0.4 is 0 Å². The van der Waals surface area contributed by atoms with Gasteiger partial charge in [-0.15, -0.1) is 0 Å². The highest BCUT2D eigenvalue weighted by atomic mass is 28.5. The van der Waals surface area contributed by atoms with Crippen LogP contribution in [0.25, 0.3) is 0 Å². The minimum atomic E-state index is -2.34. The van der Waals surface area contributed by atoms with E-state index in [9.17, 15) is 0 Å². The molecule has 0 radical (unpaired) electrons. The number of hydrogen-bond donors (Lipinski definition) is 0. The maximum atomic E-state index is 6.37. The van der Waals surface area contributed by atoms with Crippen LogP contribution in [0.1, 0.15) is 20.8 Å². The summed E-state index contributed by atoms with van der Waals surface area (Å²) in [4.78, 5) is 0. The fourth-order valence-electron chi connectivity index (χ4n) is 2.42. The predicted octanol–water partition coefficient (Wildman–Crippen LogP) is 1.53. The third kappa shape index (κ3) is 3.18. The van der Waals surface area contributed by atoms with Crippen LogP contribution in [-0.2, 0) is 16.8 Å². The van der Waals surface area contributed by atoms with Crippen LogP contribution in [0.3, 0.4) is 0 Å². The molecule has 0 unspecified atom stereocenters. The van der Waals surface area contributed by atoms with Crippen molar-refractivity contribution in [3.05, 3.63) is 0 Å². The quantitative estimate of drug-likeness (QED) is 0.741. The van der Waals surface area contributed by atoms with E-state index in [1.807, 2.05) is 0 Å². The first kappa shape index (κ1) is 15.8. The average Bonchev–Trinajstić information content (AvgIpc) is 2.12. The van der Waals surface area contributed by atoms with Gasteiger partial charge in [0.25, 0.3) is 0 Å². The highest BCUT2D eigenvalue weighted by molar-refractivity contribution is 6.94. The summed E-state index contributed by atoms with van der Waals surface area (Å²) in [6.45, 7) is 14.8. The molecule has 8 heteroatoms. The molecule has 1 heterocycles. The molecule has 0 aromatic carbocycles. The third-order valence-corrected chi connectivity index (χ3v) is 18.1. The maximum absolute atomic E-state index is 6.37. The summed E-state index contributed by atoms with van der Waals surface area (Å²) in [5, 5.41) is -0.285. The molecular formula is C9H26O4Si4. The van der Waals surface area contributed by atoms with Gasteiger partial charge in [-0.1, -0.05) is 6.92 Å². The van der Waals surface area contributed by atoms with Crippen LogP contribution in [0.4, 0.5) is 0 Å². The van der Waals surface area contributed by atoms with Gasteiger partial charge < -0.3 is 16.8 Å². The molecule has 1 rings (SSSR count). The van der Waals surface area contributed by atoms with Crippen molar-refractivity contribution in [1.29, 1.82) is 0 Å².